The van der Waals surface area contributed by atoms with Crippen LogP contribution in [0, 0.1) is 5.92 Å². The highest BCUT2D eigenvalue weighted by molar-refractivity contribution is 5.96. The van der Waals surface area contributed by atoms with Crippen LogP contribution < -0.4 is 10.6 Å². The van der Waals surface area contributed by atoms with Gasteiger partial charge in [-0.1, -0.05) is 54.6 Å². The van der Waals surface area contributed by atoms with Gasteiger partial charge in [0.05, 0.1) is 6.04 Å². The van der Waals surface area contributed by atoms with Crippen LogP contribution in [0.2, 0.25) is 0 Å². The standard InChI is InChI=1S/C25H22N2O3/c28-23(29)14-26-25(30)16-11-12-22-21(13-16)18-8-4-10-20(18)24(27-22)19-9-3-6-15-5-1-2-7-17(15)19/h1-9,11-13,18,20,24,27H,10,14H2,(H,26,30)(H,28,29)/t18-,20-,24-/m1/s1. The molecule has 3 aromatic carbocycles. The Morgan fingerprint density at radius 1 is 1.03 bits per heavy atom. The number of fused-ring (bicyclic) bond motifs is 4. The molecule has 0 bridgehead atoms. The van der Waals surface area contributed by atoms with E-state index >= 15 is 0 Å². The Bertz CT molecular complexity index is 1180. The number of rotatable bonds is 4. The molecule has 3 atom stereocenters. The van der Waals surface area contributed by atoms with Crippen LogP contribution in [0.4, 0.5) is 5.69 Å². The average molecular weight is 398 g/mol. The van der Waals surface area contributed by atoms with E-state index in [1.807, 2.05) is 12.1 Å². The zero-order valence-electron chi connectivity index (χ0n) is 16.3. The number of hydrogen-bond acceptors (Lipinski definition) is 3. The van der Waals surface area contributed by atoms with Crippen molar-refractivity contribution in [1.29, 1.82) is 0 Å². The lowest BCUT2D eigenvalue weighted by Crippen LogP contribution is -2.31. The van der Waals surface area contributed by atoms with Crippen LogP contribution in [0.1, 0.15) is 39.9 Å². The Morgan fingerprint density at radius 3 is 2.73 bits per heavy atom. The van der Waals surface area contributed by atoms with Crippen molar-refractivity contribution >= 4 is 28.3 Å². The van der Waals surface area contributed by atoms with E-state index in [2.05, 4.69) is 65.3 Å². The summed E-state index contributed by atoms with van der Waals surface area (Å²) in [7, 11) is 0. The van der Waals surface area contributed by atoms with Crippen LogP contribution in [0.3, 0.4) is 0 Å². The molecule has 0 saturated carbocycles. The minimum absolute atomic E-state index is 0.176. The van der Waals surface area contributed by atoms with Crippen molar-refractivity contribution in [2.24, 2.45) is 5.92 Å². The zero-order valence-corrected chi connectivity index (χ0v) is 16.3. The van der Waals surface area contributed by atoms with Gasteiger partial charge in [-0.2, -0.15) is 0 Å². The molecule has 1 amide bonds. The molecule has 2 aliphatic rings. The highest BCUT2D eigenvalue weighted by Crippen LogP contribution is 2.50. The van der Waals surface area contributed by atoms with Gasteiger partial charge >= 0.3 is 5.97 Å². The molecular weight excluding hydrogens is 376 g/mol. The minimum atomic E-state index is -1.06. The molecule has 0 unspecified atom stereocenters. The Hall–Kier alpha value is -3.60. The average Bonchev–Trinajstić information content (AvgIpc) is 3.26. The first-order valence-corrected chi connectivity index (χ1v) is 10.2. The fourth-order valence-electron chi connectivity index (χ4n) is 4.82. The van der Waals surface area contributed by atoms with Crippen LogP contribution in [-0.2, 0) is 4.79 Å². The largest absolute Gasteiger partial charge is 0.480 e. The number of anilines is 1. The fraction of sp³-hybridized carbons (Fsp3) is 0.200. The van der Waals surface area contributed by atoms with E-state index in [0.717, 1.165) is 17.7 Å². The van der Waals surface area contributed by atoms with Gasteiger partial charge in [0.2, 0.25) is 0 Å². The van der Waals surface area contributed by atoms with Crippen molar-refractivity contribution in [1.82, 2.24) is 5.32 Å². The quantitative estimate of drug-likeness (QED) is 0.566. The molecule has 3 aromatic rings. The fourth-order valence-corrected chi connectivity index (χ4v) is 4.82. The topological polar surface area (TPSA) is 78.4 Å². The molecule has 5 rings (SSSR count). The highest BCUT2D eigenvalue weighted by Gasteiger charge is 2.38. The number of amides is 1. The summed E-state index contributed by atoms with van der Waals surface area (Å²) in [5.41, 5.74) is 3.89. The molecular formula is C25H22N2O3. The molecule has 0 saturated heterocycles. The van der Waals surface area contributed by atoms with Gasteiger partial charge in [0.25, 0.3) is 5.91 Å². The van der Waals surface area contributed by atoms with Crippen molar-refractivity contribution in [2.75, 3.05) is 11.9 Å². The predicted molar refractivity (Wildman–Crippen MR) is 117 cm³/mol. The normalized spacial score (nSPS) is 21.5. The van der Waals surface area contributed by atoms with Crippen LogP contribution in [0.25, 0.3) is 10.8 Å². The second-order valence-electron chi connectivity index (χ2n) is 7.92. The summed E-state index contributed by atoms with van der Waals surface area (Å²) in [5.74, 6) is -0.840. The van der Waals surface area contributed by atoms with Crippen molar-refractivity contribution in [2.45, 2.75) is 18.4 Å². The number of allylic oxidation sites excluding steroid dienone is 2. The lowest BCUT2D eigenvalue weighted by atomic mass is 9.76. The maximum atomic E-state index is 12.3. The lowest BCUT2D eigenvalue weighted by molar-refractivity contribution is -0.135. The van der Waals surface area contributed by atoms with Crippen molar-refractivity contribution < 1.29 is 14.7 Å². The van der Waals surface area contributed by atoms with Gasteiger partial charge < -0.3 is 15.7 Å². The van der Waals surface area contributed by atoms with Gasteiger partial charge in [0.15, 0.2) is 0 Å². The van der Waals surface area contributed by atoms with E-state index in [-0.39, 0.29) is 24.4 Å². The van der Waals surface area contributed by atoms with E-state index in [1.165, 1.54) is 16.3 Å². The van der Waals surface area contributed by atoms with E-state index in [1.54, 1.807) is 6.07 Å². The number of benzene rings is 3. The summed E-state index contributed by atoms with van der Waals surface area (Å²) in [6.45, 7) is -0.386. The summed E-state index contributed by atoms with van der Waals surface area (Å²) in [6.07, 6.45) is 5.43. The van der Waals surface area contributed by atoms with E-state index in [4.69, 9.17) is 5.11 Å². The molecule has 30 heavy (non-hydrogen) atoms. The van der Waals surface area contributed by atoms with Gasteiger partial charge in [0.1, 0.15) is 6.54 Å². The predicted octanol–water partition coefficient (Wildman–Crippen LogP) is 4.48. The smallest absolute Gasteiger partial charge is 0.322 e. The summed E-state index contributed by atoms with van der Waals surface area (Å²) in [4.78, 5) is 23.1. The number of carbonyl (C=O) groups is 2. The summed E-state index contributed by atoms with van der Waals surface area (Å²) in [5, 5.41) is 17.5. The first-order chi connectivity index (χ1) is 14.6. The van der Waals surface area contributed by atoms with E-state index in [9.17, 15) is 9.59 Å². The first-order valence-electron chi connectivity index (χ1n) is 10.2. The Kier molecular flexibility index (Phi) is 4.51. The number of nitrogens with one attached hydrogen (secondary N) is 2. The van der Waals surface area contributed by atoms with E-state index < -0.39 is 5.97 Å². The summed E-state index contributed by atoms with van der Waals surface area (Å²) >= 11 is 0. The van der Waals surface area contributed by atoms with Gasteiger partial charge in [-0.3, -0.25) is 9.59 Å². The SMILES string of the molecule is O=C(O)CNC(=O)c1ccc2c(c1)[C@@H]1C=CC[C@H]1[C@@H](c1cccc3ccccc13)N2. The second-order valence-corrected chi connectivity index (χ2v) is 7.92. The third-order valence-electron chi connectivity index (χ3n) is 6.18. The highest BCUT2D eigenvalue weighted by atomic mass is 16.4. The van der Waals surface area contributed by atoms with Crippen LogP contribution in [-0.4, -0.2) is 23.5 Å². The molecule has 0 fully saturated rings. The van der Waals surface area contributed by atoms with Gasteiger partial charge in [-0.25, -0.2) is 0 Å². The molecule has 1 aliphatic heterocycles. The number of hydrogen-bond donors (Lipinski definition) is 3. The third-order valence-corrected chi connectivity index (χ3v) is 6.18. The van der Waals surface area contributed by atoms with Crippen molar-refractivity contribution in [3.05, 3.63) is 89.5 Å². The zero-order chi connectivity index (χ0) is 20.7. The Balaban J connectivity index is 1.52. The van der Waals surface area contributed by atoms with Gasteiger partial charge in [0, 0.05) is 17.2 Å². The second kappa shape index (κ2) is 7.34. The number of carboxylic acid groups (broad SMARTS) is 1. The summed E-state index contributed by atoms with van der Waals surface area (Å²) in [6, 6.07) is 20.7. The molecule has 0 spiro atoms. The summed E-state index contributed by atoms with van der Waals surface area (Å²) < 4.78 is 0. The molecule has 3 N–H and O–H groups in total. The molecule has 0 radical (unpaired) electrons. The molecule has 1 heterocycles. The van der Waals surface area contributed by atoms with E-state index in [0.29, 0.717) is 11.5 Å². The molecule has 5 heteroatoms. The minimum Gasteiger partial charge on any atom is -0.480 e. The monoisotopic (exact) mass is 398 g/mol. The first kappa shape index (κ1) is 18.4. The van der Waals surface area contributed by atoms with Gasteiger partial charge in [-0.15, -0.1) is 0 Å². The molecule has 0 aromatic heterocycles. The number of aliphatic carboxylic acids is 1. The maximum absolute atomic E-state index is 12.3. The molecule has 5 nitrogen and oxygen atoms in total. The molecule has 1 aliphatic carbocycles. The van der Waals surface area contributed by atoms with Crippen molar-refractivity contribution in [3.8, 4) is 0 Å². The number of carboxylic acids is 1. The van der Waals surface area contributed by atoms with Crippen LogP contribution >= 0.6 is 0 Å². The van der Waals surface area contributed by atoms with Crippen LogP contribution in [0.5, 0.6) is 0 Å². The Morgan fingerprint density at radius 2 is 1.87 bits per heavy atom. The number of carbonyl (C=O) groups excluding carboxylic acids is 1. The van der Waals surface area contributed by atoms with Crippen LogP contribution in [0.15, 0.2) is 72.8 Å². The Labute approximate surface area is 174 Å². The van der Waals surface area contributed by atoms with Crippen molar-refractivity contribution in [3.63, 3.8) is 0 Å². The third kappa shape index (κ3) is 3.12. The van der Waals surface area contributed by atoms with Gasteiger partial charge in [-0.05, 0) is 52.4 Å². The lowest BCUT2D eigenvalue weighted by Gasteiger charge is -2.38. The molecule has 150 valence electrons. The maximum Gasteiger partial charge on any atom is 0.322 e.